The Kier molecular flexibility index (Phi) is 8.01. The maximum Gasteiger partial charge on any atom is 0.306 e. The highest BCUT2D eigenvalue weighted by molar-refractivity contribution is 5.85. The smallest absolute Gasteiger partial charge is 0.306 e. The Morgan fingerprint density at radius 2 is 1.61 bits per heavy atom. The van der Waals surface area contributed by atoms with E-state index in [4.69, 9.17) is 18.9 Å². The van der Waals surface area contributed by atoms with Crippen molar-refractivity contribution in [3.63, 3.8) is 0 Å². The summed E-state index contributed by atoms with van der Waals surface area (Å²) in [5.41, 5.74) is 1.92. The van der Waals surface area contributed by atoms with Crippen LogP contribution in [0.5, 0.6) is 17.2 Å². The number of hydrogen-bond acceptors (Lipinski definition) is 6. The normalized spacial score (nSPS) is 16.1. The Hall–Kier alpha value is -3.74. The van der Waals surface area contributed by atoms with Gasteiger partial charge in [-0.15, -0.1) is 0 Å². The minimum absolute atomic E-state index is 0.00620. The Morgan fingerprint density at radius 1 is 0.895 bits per heavy atom. The largest absolute Gasteiger partial charge is 0.484 e. The Labute approximate surface area is 223 Å². The number of benzene rings is 3. The molecule has 3 aromatic rings. The van der Waals surface area contributed by atoms with Crippen molar-refractivity contribution < 1.29 is 28.5 Å². The summed E-state index contributed by atoms with van der Waals surface area (Å²) in [6.45, 7) is 0.207. The van der Waals surface area contributed by atoms with Crippen LogP contribution < -0.4 is 14.2 Å². The number of nitrogens with zero attached hydrogens (tertiary/aromatic N) is 1. The summed E-state index contributed by atoms with van der Waals surface area (Å²) < 4.78 is 22.0. The third-order valence-electron chi connectivity index (χ3n) is 7.76. The Bertz CT molecular complexity index is 1300. The summed E-state index contributed by atoms with van der Waals surface area (Å²) in [4.78, 5) is 27.0. The minimum Gasteiger partial charge on any atom is -0.484 e. The number of hydrogen-bond donors (Lipinski definition) is 0. The molecule has 1 aliphatic heterocycles. The number of methoxy groups -OCH3 is 1. The van der Waals surface area contributed by atoms with E-state index in [1.54, 1.807) is 0 Å². The second-order valence-electron chi connectivity index (χ2n) is 10.2. The fourth-order valence-corrected chi connectivity index (χ4v) is 5.45. The van der Waals surface area contributed by atoms with Gasteiger partial charge in [-0.3, -0.25) is 9.59 Å². The van der Waals surface area contributed by atoms with E-state index in [1.165, 1.54) is 32.8 Å². The van der Waals surface area contributed by atoms with Gasteiger partial charge in [-0.2, -0.15) is 0 Å². The first-order valence-electron chi connectivity index (χ1n) is 13.4. The highest BCUT2D eigenvalue weighted by Gasteiger charge is 2.24. The van der Waals surface area contributed by atoms with Crippen molar-refractivity contribution in [1.29, 1.82) is 0 Å². The average molecular weight is 518 g/mol. The highest BCUT2D eigenvalue weighted by Crippen LogP contribution is 2.38. The summed E-state index contributed by atoms with van der Waals surface area (Å²) in [5, 5.41) is 2.02. The number of amides is 1. The molecule has 0 aromatic heterocycles. The maximum atomic E-state index is 12.8. The lowest BCUT2D eigenvalue weighted by Gasteiger charge is -2.27. The number of esters is 1. The molecule has 200 valence electrons. The maximum absolute atomic E-state index is 12.8. The predicted octanol–water partition coefficient (Wildman–Crippen LogP) is 5.82. The molecule has 1 atom stereocenters. The zero-order valence-electron chi connectivity index (χ0n) is 22.1. The summed E-state index contributed by atoms with van der Waals surface area (Å²) in [6, 6.07) is 18.0. The second-order valence-corrected chi connectivity index (χ2v) is 10.2. The number of ether oxygens (including phenoxy) is 4. The summed E-state index contributed by atoms with van der Waals surface area (Å²) in [6.07, 6.45) is 7.19. The van der Waals surface area contributed by atoms with Crippen molar-refractivity contribution in [2.75, 3.05) is 27.6 Å². The van der Waals surface area contributed by atoms with Crippen molar-refractivity contribution in [1.82, 2.24) is 4.90 Å². The van der Waals surface area contributed by atoms with Crippen LogP contribution in [0.15, 0.2) is 54.6 Å². The highest BCUT2D eigenvalue weighted by atomic mass is 16.7. The molecule has 0 spiro atoms. The van der Waals surface area contributed by atoms with Gasteiger partial charge in [0.25, 0.3) is 5.91 Å². The van der Waals surface area contributed by atoms with Gasteiger partial charge >= 0.3 is 5.97 Å². The van der Waals surface area contributed by atoms with Crippen LogP contribution >= 0.6 is 0 Å². The first kappa shape index (κ1) is 25.9. The molecule has 5 rings (SSSR count). The molecule has 1 fully saturated rings. The number of rotatable bonds is 8. The van der Waals surface area contributed by atoms with Gasteiger partial charge in [0.15, 0.2) is 18.1 Å². The van der Waals surface area contributed by atoms with Gasteiger partial charge in [-0.1, -0.05) is 56.0 Å². The van der Waals surface area contributed by atoms with Crippen molar-refractivity contribution in [2.24, 2.45) is 0 Å². The van der Waals surface area contributed by atoms with Crippen LogP contribution in [0.4, 0.5) is 0 Å². The molecule has 0 radical (unpaired) electrons. The van der Waals surface area contributed by atoms with Crippen LogP contribution in [-0.2, 0) is 14.3 Å². The lowest BCUT2D eigenvalue weighted by atomic mass is 9.87. The molecule has 0 N–H and O–H groups in total. The third-order valence-corrected chi connectivity index (χ3v) is 7.76. The van der Waals surface area contributed by atoms with E-state index >= 15 is 0 Å². The fourth-order valence-electron chi connectivity index (χ4n) is 5.45. The lowest BCUT2D eigenvalue weighted by molar-refractivity contribution is -0.140. The molecule has 0 saturated heterocycles. The number of likely N-dealkylation sites (N-methyl/N-ethyl adjacent to an activating group) is 1. The van der Waals surface area contributed by atoms with Crippen molar-refractivity contribution in [2.45, 2.75) is 56.9 Å². The molecule has 1 saturated carbocycles. The van der Waals surface area contributed by atoms with Gasteiger partial charge in [-0.05, 0) is 59.0 Å². The Balaban J connectivity index is 1.34. The molecule has 1 aliphatic carbocycles. The van der Waals surface area contributed by atoms with Gasteiger partial charge in [0.05, 0.1) is 13.5 Å². The zero-order valence-corrected chi connectivity index (χ0v) is 22.1. The number of carbonyl (C=O) groups is 2. The summed E-state index contributed by atoms with van der Waals surface area (Å²) in [5.74, 6) is 1.51. The second kappa shape index (κ2) is 11.8. The topological polar surface area (TPSA) is 74.3 Å². The first-order valence-corrected chi connectivity index (χ1v) is 13.4. The van der Waals surface area contributed by atoms with E-state index < -0.39 is 0 Å². The lowest BCUT2D eigenvalue weighted by Crippen LogP contribution is -2.39. The average Bonchev–Trinajstić information content (AvgIpc) is 3.25. The van der Waals surface area contributed by atoms with E-state index in [1.807, 2.05) is 60.5 Å². The van der Waals surface area contributed by atoms with Crippen LogP contribution in [0.3, 0.4) is 0 Å². The number of carbonyl (C=O) groups excluding carboxylic acids is 2. The SMILES string of the molecule is COC(=O)CC(c1ccc2c(c1)OCO2)c1ccc2ccc(OCC(=O)N(C)C3CCCCCC3)cc2c1. The monoisotopic (exact) mass is 517 g/mol. The van der Waals surface area contributed by atoms with E-state index in [9.17, 15) is 9.59 Å². The van der Waals surface area contributed by atoms with Gasteiger partial charge in [0.2, 0.25) is 6.79 Å². The third kappa shape index (κ3) is 5.87. The van der Waals surface area contributed by atoms with Gasteiger partial charge in [0.1, 0.15) is 5.75 Å². The standard InChI is InChI=1S/C31H35NO6/c1-32(25-7-5-3-4-6-8-25)30(33)19-36-26-13-11-21-9-10-22(15-24(21)16-26)27(18-31(34)35-2)23-12-14-28-29(17-23)38-20-37-28/h9-17,25,27H,3-8,18-20H2,1-2H3. The number of fused-ring (bicyclic) bond motifs is 2. The van der Waals surface area contributed by atoms with Crippen LogP contribution in [-0.4, -0.2) is 50.4 Å². The van der Waals surface area contributed by atoms with Gasteiger partial charge < -0.3 is 23.8 Å². The van der Waals surface area contributed by atoms with Crippen LogP contribution in [0.25, 0.3) is 10.8 Å². The molecule has 2 aliphatic rings. The van der Waals surface area contributed by atoms with Crippen molar-refractivity contribution in [3.05, 3.63) is 65.7 Å². The molecule has 38 heavy (non-hydrogen) atoms. The predicted molar refractivity (Wildman–Crippen MR) is 145 cm³/mol. The van der Waals surface area contributed by atoms with Crippen LogP contribution in [0, 0.1) is 0 Å². The van der Waals surface area contributed by atoms with E-state index in [2.05, 4.69) is 6.07 Å². The van der Waals surface area contributed by atoms with Crippen molar-refractivity contribution >= 4 is 22.6 Å². The van der Waals surface area contributed by atoms with Gasteiger partial charge in [0, 0.05) is 19.0 Å². The first-order chi connectivity index (χ1) is 18.5. The summed E-state index contributed by atoms with van der Waals surface area (Å²) >= 11 is 0. The molecule has 0 bridgehead atoms. The van der Waals surface area contributed by atoms with Gasteiger partial charge in [-0.25, -0.2) is 0 Å². The minimum atomic E-state index is -0.291. The summed E-state index contributed by atoms with van der Waals surface area (Å²) in [7, 11) is 3.30. The van der Waals surface area contributed by atoms with E-state index in [0.29, 0.717) is 23.3 Å². The molecule has 7 heteroatoms. The Morgan fingerprint density at radius 3 is 2.39 bits per heavy atom. The molecule has 3 aromatic carbocycles. The fraction of sp³-hybridized carbons (Fsp3) is 0.419. The van der Waals surface area contributed by atoms with Crippen LogP contribution in [0.1, 0.15) is 62.0 Å². The van der Waals surface area contributed by atoms with E-state index in [-0.39, 0.29) is 37.6 Å². The molecular weight excluding hydrogens is 482 g/mol. The van der Waals surface area contributed by atoms with Crippen molar-refractivity contribution in [3.8, 4) is 17.2 Å². The molecule has 1 heterocycles. The quantitative estimate of drug-likeness (QED) is 0.277. The zero-order chi connectivity index (χ0) is 26.5. The molecule has 1 unspecified atom stereocenters. The molecule has 1 amide bonds. The molecular formula is C31H35NO6. The van der Waals surface area contributed by atoms with Crippen LogP contribution in [0.2, 0.25) is 0 Å². The molecule has 7 nitrogen and oxygen atoms in total. The van der Waals surface area contributed by atoms with E-state index in [0.717, 1.165) is 34.7 Å².